The summed E-state index contributed by atoms with van der Waals surface area (Å²) >= 11 is 1.29. The number of carbonyl (C=O) groups is 1. The average molecular weight is 502 g/mol. The van der Waals surface area contributed by atoms with Gasteiger partial charge >= 0.3 is 0 Å². The molecule has 2 heterocycles. The Morgan fingerprint density at radius 2 is 1.79 bits per heavy atom. The maximum atomic E-state index is 12.9. The van der Waals surface area contributed by atoms with Gasteiger partial charge in [-0.25, -0.2) is 8.42 Å². The minimum atomic E-state index is -3.64. The molecule has 34 heavy (non-hydrogen) atoms. The van der Waals surface area contributed by atoms with E-state index in [1.807, 2.05) is 0 Å². The molecule has 0 radical (unpaired) electrons. The van der Waals surface area contributed by atoms with Crippen LogP contribution in [-0.4, -0.2) is 63.7 Å². The summed E-state index contributed by atoms with van der Waals surface area (Å²) in [6, 6.07) is 9.36. The van der Waals surface area contributed by atoms with Gasteiger partial charge < -0.3 is 18.8 Å². The second kappa shape index (κ2) is 9.99. The molecule has 1 saturated heterocycles. The topological polar surface area (TPSA) is 99.4 Å². The second-order valence-corrected chi connectivity index (χ2v) is 10.3. The summed E-state index contributed by atoms with van der Waals surface area (Å²) in [6.45, 7) is 1.53. The molecule has 11 heteroatoms. The highest BCUT2D eigenvalue weighted by Crippen LogP contribution is 2.33. The van der Waals surface area contributed by atoms with Crippen LogP contribution in [0.5, 0.6) is 11.5 Å². The van der Waals surface area contributed by atoms with Crippen LogP contribution in [0.4, 0.5) is 0 Å². The number of methoxy groups -OCH3 is 2. The smallest absolute Gasteiger partial charge is 0.279 e. The highest BCUT2D eigenvalue weighted by Gasteiger charge is 2.26. The van der Waals surface area contributed by atoms with Crippen molar-refractivity contribution in [2.45, 2.75) is 11.4 Å². The molecule has 1 amide bonds. The molecule has 0 unspecified atom stereocenters. The maximum Gasteiger partial charge on any atom is 0.279 e. The number of sulfonamides is 1. The van der Waals surface area contributed by atoms with Crippen molar-refractivity contribution in [3.63, 3.8) is 0 Å². The largest absolute Gasteiger partial charge is 0.493 e. The van der Waals surface area contributed by atoms with Crippen molar-refractivity contribution in [1.82, 2.24) is 8.87 Å². The number of rotatable bonds is 6. The highest BCUT2D eigenvalue weighted by atomic mass is 32.2. The monoisotopic (exact) mass is 501 g/mol. The molecule has 0 spiro atoms. The predicted molar refractivity (Wildman–Crippen MR) is 128 cm³/mol. The number of aromatic nitrogens is 1. The van der Waals surface area contributed by atoms with E-state index in [0.29, 0.717) is 42.6 Å². The third-order valence-corrected chi connectivity index (χ3v) is 8.30. The SMILES string of the molecule is C#CCn1c(=NC(=O)c2ccc(S(=O)(=O)N3CCOCC3)cc2)sc2cc(OC)c(OC)cc21. The first kappa shape index (κ1) is 24.0. The Kier molecular flexibility index (Phi) is 7.04. The normalized spacial score (nSPS) is 15.3. The Morgan fingerprint density at radius 3 is 2.41 bits per heavy atom. The van der Waals surface area contributed by atoms with Crippen LogP contribution in [0.1, 0.15) is 10.4 Å². The van der Waals surface area contributed by atoms with Gasteiger partial charge in [-0.2, -0.15) is 9.30 Å². The maximum absolute atomic E-state index is 12.9. The zero-order valence-corrected chi connectivity index (χ0v) is 20.3. The molecular weight excluding hydrogens is 478 g/mol. The van der Waals surface area contributed by atoms with E-state index in [2.05, 4.69) is 10.9 Å². The minimum Gasteiger partial charge on any atom is -0.493 e. The van der Waals surface area contributed by atoms with Gasteiger partial charge in [0.05, 0.1) is 49.1 Å². The van der Waals surface area contributed by atoms with Gasteiger partial charge in [-0.3, -0.25) is 4.79 Å². The minimum absolute atomic E-state index is 0.120. The number of carbonyl (C=O) groups excluding carboxylic acids is 1. The second-order valence-electron chi connectivity index (χ2n) is 7.31. The number of terminal acetylenes is 1. The lowest BCUT2D eigenvalue weighted by atomic mass is 10.2. The zero-order valence-electron chi connectivity index (χ0n) is 18.7. The van der Waals surface area contributed by atoms with Crippen molar-refractivity contribution in [2.75, 3.05) is 40.5 Å². The summed E-state index contributed by atoms with van der Waals surface area (Å²) in [5, 5.41) is 0. The van der Waals surface area contributed by atoms with Crippen LogP contribution in [0.15, 0.2) is 46.3 Å². The van der Waals surface area contributed by atoms with Gasteiger partial charge in [0.1, 0.15) is 0 Å². The van der Waals surface area contributed by atoms with Gasteiger partial charge in [-0.15, -0.1) is 6.42 Å². The van der Waals surface area contributed by atoms with Crippen molar-refractivity contribution in [3.8, 4) is 23.8 Å². The van der Waals surface area contributed by atoms with Crippen LogP contribution in [0.25, 0.3) is 10.2 Å². The number of hydrogen-bond acceptors (Lipinski definition) is 7. The quantitative estimate of drug-likeness (QED) is 0.480. The lowest BCUT2D eigenvalue weighted by Crippen LogP contribution is -2.40. The van der Waals surface area contributed by atoms with Gasteiger partial charge in [0.15, 0.2) is 16.3 Å². The number of ether oxygens (including phenoxy) is 3. The van der Waals surface area contributed by atoms with Gasteiger partial charge in [-0.1, -0.05) is 17.3 Å². The van der Waals surface area contributed by atoms with Crippen LogP contribution in [0.2, 0.25) is 0 Å². The van der Waals surface area contributed by atoms with Gasteiger partial charge in [0.25, 0.3) is 5.91 Å². The van der Waals surface area contributed by atoms with Crippen molar-refractivity contribution >= 4 is 37.5 Å². The molecule has 3 aromatic rings. The lowest BCUT2D eigenvalue weighted by Gasteiger charge is -2.26. The Hall–Kier alpha value is -3.17. The van der Waals surface area contributed by atoms with Crippen LogP contribution >= 0.6 is 11.3 Å². The predicted octanol–water partition coefficient (Wildman–Crippen LogP) is 2.12. The Bertz CT molecular complexity index is 1430. The molecule has 1 aliphatic rings. The lowest BCUT2D eigenvalue weighted by molar-refractivity contribution is 0.0730. The number of thiazole rings is 1. The summed E-state index contributed by atoms with van der Waals surface area (Å²) < 4.78 is 45.5. The third-order valence-electron chi connectivity index (χ3n) is 5.34. The van der Waals surface area contributed by atoms with Crippen LogP contribution in [0.3, 0.4) is 0 Å². The molecule has 2 aromatic carbocycles. The number of nitrogens with zero attached hydrogens (tertiary/aromatic N) is 3. The van der Waals surface area contributed by atoms with E-state index in [-0.39, 0.29) is 17.0 Å². The van der Waals surface area contributed by atoms with Crippen molar-refractivity contribution in [1.29, 1.82) is 0 Å². The van der Waals surface area contributed by atoms with Crippen molar-refractivity contribution < 1.29 is 27.4 Å². The number of benzene rings is 2. The molecule has 0 bridgehead atoms. The van der Waals surface area contributed by atoms with E-state index < -0.39 is 15.9 Å². The van der Waals surface area contributed by atoms with Crippen LogP contribution in [-0.2, 0) is 21.3 Å². The fourth-order valence-electron chi connectivity index (χ4n) is 3.58. The molecule has 0 saturated carbocycles. The molecule has 0 N–H and O–H groups in total. The third kappa shape index (κ3) is 4.58. The molecule has 0 atom stereocenters. The first-order chi connectivity index (χ1) is 16.4. The molecular formula is C23H23N3O6S2. The standard InChI is InChI=1S/C23H23N3O6S2/c1-4-9-26-18-14-19(30-2)20(31-3)15-21(18)33-23(26)24-22(27)16-5-7-17(8-6-16)34(28,29)25-10-12-32-13-11-25/h1,5-8,14-15H,9-13H2,2-3H3. The molecule has 1 fully saturated rings. The number of amides is 1. The van der Waals surface area contributed by atoms with E-state index in [1.54, 1.807) is 30.9 Å². The highest BCUT2D eigenvalue weighted by molar-refractivity contribution is 7.89. The molecule has 9 nitrogen and oxygen atoms in total. The molecule has 178 valence electrons. The molecule has 0 aliphatic carbocycles. The average Bonchev–Trinajstić information content (AvgIpc) is 3.19. The molecule has 1 aromatic heterocycles. The molecule has 4 rings (SSSR count). The number of morpholine rings is 1. The fraction of sp³-hybridized carbons (Fsp3) is 0.304. The van der Waals surface area contributed by atoms with Crippen molar-refractivity contribution in [2.24, 2.45) is 4.99 Å². The summed E-state index contributed by atoms with van der Waals surface area (Å²) in [5.74, 6) is 3.17. The van der Waals surface area contributed by atoms with Gasteiger partial charge in [-0.05, 0) is 24.3 Å². The first-order valence-corrected chi connectivity index (χ1v) is 12.6. The van der Waals surface area contributed by atoms with E-state index in [1.165, 1.54) is 39.9 Å². The van der Waals surface area contributed by atoms with E-state index in [9.17, 15) is 13.2 Å². The Labute approximate surface area is 201 Å². The summed E-state index contributed by atoms with van der Waals surface area (Å²) in [5.41, 5.74) is 1.03. The van der Waals surface area contributed by atoms with Gasteiger partial charge in [0.2, 0.25) is 10.0 Å². The van der Waals surface area contributed by atoms with Crippen molar-refractivity contribution in [3.05, 3.63) is 46.8 Å². The fourth-order valence-corrected chi connectivity index (χ4v) is 6.03. The van der Waals surface area contributed by atoms with E-state index >= 15 is 0 Å². The Balaban J connectivity index is 1.69. The van der Waals surface area contributed by atoms with Crippen LogP contribution < -0.4 is 14.3 Å². The van der Waals surface area contributed by atoms with Gasteiger partial charge in [0, 0.05) is 30.8 Å². The van der Waals surface area contributed by atoms with E-state index in [4.69, 9.17) is 20.6 Å². The van der Waals surface area contributed by atoms with E-state index in [0.717, 1.165) is 10.2 Å². The Morgan fingerprint density at radius 1 is 1.15 bits per heavy atom. The number of hydrogen-bond donors (Lipinski definition) is 0. The molecule has 1 aliphatic heterocycles. The summed E-state index contributed by atoms with van der Waals surface area (Å²) in [4.78, 5) is 17.7. The first-order valence-electron chi connectivity index (χ1n) is 10.3. The summed E-state index contributed by atoms with van der Waals surface area (Å²) in [6.07, 6.45) is 5.55. The zero-order chi connectivity index (χ0) is 24.3. The number of fused-ring (bicyclic) bond motifs is 1. The van der Waals surface area contributed by atoms with Crippen LogP contribution in [0, 0.1) is 12.3 Å². The summed E-state index contributed by atoms with van der Waals surface area (Å²) in [7, 11) is -0.557.